The highest BCUT2D eigenvalue weighted by Crippen LogP contribution is 2.26. The fraction of sp³-hybridized carbons (Fsp3) is 0.471. The van der Waals surface area contributed by atoms with E-state index in [1.54, 1.807) is 33.9 Å². The normalized spacial score (nSPS) is 12.2. The van der Waals surface area contributed by atoms with Gasteiger partial charge in [0, 0.05) is 36.7 Å². The SMILES string of the molecule is Cc1nc(C(C)N(C)C(=O)CCn2c(C)cccc2=O)c(C)s1. The lowest BCUT2D eigenvalue weighted by atomic mass is 10.2. The molecule has 0 spiro atoms. The smallest absolute Gasteiger partial charge is 0.250 e. The molecule has 124 valence electrons. The van der Waals surface area contributed by atoms with Crippen molar-refractivity contribution in [3.8, 4) is 0 Å². The van der Waals surface area contributed by atoms with Crippen LogP contribution in [0.1, 0.15) is 40.7 Å². The third kappa shape index (κ3) is 3.88. The van der Waals surface area contributed by atoms with Crippen molar-refractivity contribution in [1.82, 2.24) is 14.5 Å². The maximum Gasteiger partial charge on any atom is 0.250 e. The first-order valence-electron chi connectivity index (χ1n) is 7.67. The number of pyridine rings is 1. The van der Waals surface area contributed by atoms with E-state index >= 15 is 0 Å². The minimum Gasteiger partial charge on any atom is -0.337 e. The monoisotopic (exact) mass is 333 g/mol. The number of carbonyl (C=O) groups excluding carboxylic acids is 1. The zero-order valence-corrected chi connectivity index (χ0v) is 15.1. The van der Waals surface area contributed by atoms with Gasteiger partial charge in [-0.25, -0.2) is 4.98 Å². The van der Waals surface area contributed by atoms with Gasteiger partial charge in [0.2, 0.25) is 5.91 Å². The van der Waals surface area contributed by atoms with E-state index in [2.05, 4.69) is 4.98 Å². The predicted molar refractivity (Wildman–Crippen MR) is 92.8 cm³/mol. The summed E-state index contributed by atoms with van der Waals surface area (Å²) in [7, 11) is 1.79. The van der Waals surface area contributed by atoms with Crippen LogP contribution >= 0.6 is 11.3 Å². The summed E-state index contributed by atoms with van der Waals surface area (Å²) >= 11 is 1.65. The summed E-state index contributed by atoms with van der Waals surface area (Å²) in [5, 5.41) is 1.01. The van der Waals surface area contributed by atoms with Gasteiger partial charge >= 0.3 is 0 Å². The maximum absolute atomic E-state index is 12.5. The van der Waals surface area contributed by atoms with Crippen LogP contribution < -0.4 is 5.56 Å². The van der Waals surface area contributed by atoms with E-state index in [1.165, 1.54) is 6.07 Å². The molecule has 0 aliphatic carbocycles. The maximum atomic E-state index is 12.5. The van der Waals surface area contributed by atoms with Crippen molar-refractivity contribution in [3.63, 3.8) is 0 Å². The van der Waals surface area contributed by atoms with Gasteiger partial charge in [-0.15, -0.1) is 11.3 Å². The number of carbonyl (C=O) groups is 1. The second-order valence-corrected chi connectivity index (χ2v) is 7.17. The zero-order valence-electron chi connectivity index (χ0n) is 14.3. The molecule has 2 aromatic heterocycles. The summed E-state index contributed by atoms with van der Waals surface area (Å²) in [6, 6.07) is 5.06. The molecule has 0 aliphatic heterocycles. The van der Waals surface area contributed by atoms with Crippen molar-refractivity contribution in [1.29, 1.82) is 0 Å². The van der Waals surface area contributed by atoms with Crippen molar-refractivity contribution in [2.24, 2.45) is 0 Å². The second-order valence-electron chi connectivity index (χ2n) is 5.76. The van der Waals surface area contributed by atoms with E-state index in [0.29, 0.717) is 13.0 Å². The average molecular weight is 333 g/mol. The van der Waals surface area contributed by atoms with Gasteiger partial charge in [-0.3, -0.25) is 9.59 Å². The average Bonchev–Trinajstić information content (AvgIpc) is 2.83. The van der Waals surface area contributed by atoms with Crippen LogP contribution in [0.15, 0.2) is 23.0 Å². The molecule has 0 saturated carbocycles. The number of thiazole rings is 1. The molecule has 2 heterocycles. The van der Waals surface area contributed by atoms with Crippen LogP contribution in [-0.2, 0) is 11.3 Å². The Morgan fingerprint density at radius 2 is 2.04 bits per heavy atom. The lowest BCUT2D eigenvalue weighted by Gasteiger charge is -2.24. The van der Waals surface area contributed by atoms with E-state index in [-0.39, 0.29) is 17.5 Å². The van der Waals surface area contributed by atoms with E-state index < -0.39 is 0 Å². The van der Waals surface area contributed by atoms with Crippen LogP contribution in [0.5, 0.6) is 0 Å². The summed E-state index contributed by atoms with van der Waals surface area (Å²) in [6.07, 6.45) is 0.299. The summed E-state index contributed by atoms with van der Waals surface area (Å²) < 4.78 is 1.63. The van der Waals surface area contributed by atoms with Gasteiger partial charge in [0.15, 0.2) is 0 Å². The molecular formula is C17H23N3O2S. The van der Waals surface area contributed by atoms with Crippen LogP contribution in [0.3, 0.4) is 0 Å². The Labute approximate surface area is 140 Å². The Balaban J connectivity index is 2.05. The Bertz CT molecular complexity index is 763. The highest BCUT2D eigenvalue weighted by atomic mass is 32.1. The number of hydrogen-bond acceptors (Lipinski definition) is 4. The van der Waals surface area contributed by atoms with Crippen molar-refractivity contribution >= 4 is 17.2 Å². The molecule has 5 nitrogen and oxygen atoms in total. The first kappa shape index (κ1) is 17.4. The van der Waals surface area contributed by atoms with Crippen LogP contribution in [0.4, 0.5) is 0 Å². The molecule has 1 unspecified atom stereocenters. The summed E-state index contributed by atoms with van der Waals surface area (Å²) in [5.74, 6) is 0.0118. The number of hydrogen-bond donors (Lipinski definition) is 0. The van der Waals surface area contributed by atoms with Crippen LogP contribution in [-0.4, -0.2) is 27.4 Å². The molecule has 1 atom stereocenters. The number of rotatable bonds is 5. The van der Waals surface area contributed by atoms with Crippen molar-refractivity contribution in [2.45, 2.75) is 46.7 Å². The van der Waals surface area contributed by atoms with Crippen molar-refractivity contribution in [3.05, 3.63) is 49.8 Å². The van der Waals surface area contributed by atoms with Gasteiger partial charge in [0.05, 0.1) is 16.7 Å². The molecule has 0 radical (unpaired) electrons. The van der Waals surface area contributed by atoms with Crippen LogP contribution in [0.25, 0.3) is 0 Å². The molecule has 1 amide bonds. The Morgan fingerprint density at radius 3 is 2.61 bits per heavy atom. The van der Waals surface area contributed by atoms with E-state index in [9.17, 15) is 9.59 Å². The molecule has 0 fully saturated rings. The molecule has 0 aliphatic rings. The third-order valence-corrected chi connectivity index (χ3v) is 5.03. The number of nitrogens with zero attached hydrogens (tertiary/aromatic N) is 3. The quantitative estimate of drug-likeness (QED) is 0.845. The number of amides is 1. The molecule has 6 heteroatoms. The van der Waals surface area contributed by atoms with Crippen molar-refractivity contribution in [2.75, 3.05) is 7.05 Å². The minimum absolute atomic E-state index is 0.0118. The summed E-state index contributed by atoms with van der Waals surface area (Å²) in [4.78, 5) is 31.7. The fourth-order valence-electron chi connectivity index (χ4n) is 2.63. The van der Waals surface area contributed by atoms with E-state index in [4.69, 9.17) is 0 Å². The zero-order chi connectivity index (χ0) is 17.1. The molecule has 2 aromatic rings. The van der Waals surface area contributed by atoms with Crippen LogP contribution in [0, 0.1) is 20.8 Å². The first-order valence-corrected chi connectivity index (χ1v) is 8.49. The molecule has 2 rings (SSSR count). The first-order chi connectivity index (χ1) is 10.8. The van der Waals surface area contributed by atoms with Gasteiger partial charge in [-0.05, 0) is 33.8 Å². The van der Waals surface area contributed by atoms with Gasteiger partial charge in [0.1, 0.15) is 0 Å². The molecule has 23 heavy (non-hydrogen) atoms. The number of aryl methyl sites for hydroxylation is 3. The molecule has 0 bridgehead atoms. The van der Waals surface area contributed by atoms with Gasteiger partial charge < -0.3 is 9.47 Å². The van der Waals surface area contributed by atoms with Gasteiger partial charge in [-0.1, -0.05) is 6.07 Å². The largest absolute Gasteiger partial charge is 0.337 e. The Hall–Kier alpha value is -1.95. The second kappa shape index (κ2) is 7.08. The predicted octanol–water partition coefficient (Wildman–Crippen LogP) is 2.84. The molecule has 0 saturated heterocycles. The molecule has 0 aromatic carbocycles. The van der Waals surface area contributed by atoms with E-state index in [1.807, 2.05) is 33.8 Å². The Kier molecular flexibility index (Phi) is 5.36. The highest BCUT2D eigenvalue weighted by Gasteiger charge is 2.21. The topological polar surface area (TPSA) is 55.2 Å². The van der Waals surface area contributed by atoms with Gasteiger partial charge in [-0.2, -0.15) is 0 Å². The van der Waals surface area contributed by atoms with E-state index in [0.717, 1.165) is 21.3 Å². The minimum atomic E-state index is -0.0699. The Morgan fingerprint density at radius 1 is 1.35 bits per heavy atom. The van der Waals surface area contributed by atoms with Gasteiger partial charge in [0.25, 0.3) is 5.56 Å². The van der Waals surface area contributed by atoms with Crippen LogP contribution in [0.2, 0.25) is 0 Å². The lowest BCUT2D eigenvalue weighted by molar-refractivity contribution is -0.132. The molecule has 0 N–H and O–H groups in total. The standard InChI is InChI=1S/C17H23N3O2S/c1-11-7-6-8-16(22)20(11)10-9-15(21)19(5)12(2)17-13(3)23-14(4)18-17/h6-8,12H,9-10H2,1-5H3. The molecular weight excluding hydrogens is 310 g/mol. The summed E-state index contributed by atoms with van der Waals surface area (Å²) in [6.45, 7) is 8.26. The third-order valence-electron chi connectivity index (χ3n) is 4.13. The summed E-state index contributed by atoms with van der Waals surface area (Å²) in [5.41, 5.74) is 1.75. The fourth-order valence-corrected chi connectivity index (χ4v) is 3.53. The van der Waals surface area contributed by atoms with Crippen molar-refractivity contribution < 1.29 is 4.79 Å². The number of aromatic nitrogens is 2. The lowest BCUT2D eigenvalue weighted by Crippen LogP contribution is -2.32. The highest BCUT2D eigenvalue weighted by molar-refractivity contribution is 7.11.